The number of benzene rings is 1. The van der Waals surface area contributed by atoms with E-state index in [4.69, 9.17) is 4.74 Å². The van der Waals surface area contributed by atoms with Gasteiger partial charge in [0, 0.05) is 26.2 Å². The Morgan fingerprint density at radius 1 is 1.21 bits per heavy atom. The first-order valence-electron chi connectivity index (χ1n) is 8.02. The summed E-state index contributed by atoms with van der Waals surface area (Å²) in [5, 5.41) is 0. The lowest BCUT2D eigenvalue weighted by molar-refractivity contribution is -0.148. The summed E-state index contributed by atoms with van der Waals surface area (Å²) in [6.07, 6.45) is 0.615. The van der Waals surface area contributed by atoms with Gasteiger partial charge in [-0.2, -0.15) is 4.31 Å². The second-order valence-electron chi connectivity index (χ2n) is 5.68. The molecule has 2 rings (SSSR count). The fourth-order valence-electron chi connectivity index (χ4n) is 2.71. The van der Waals surface area contributed by atoms with Gasteiger partial charge in [0.2, 0.25) is 10.0 Å². The first-order valence-corrected chi connectivity index (χ1v) is 9.46. The summed E-state index contributed by atoms with van der Waals surface area (Å²) in [5.74, 6) is -0.772. The molecule has 1 fully saturated rings. The lowest BCUT2D eigenvalue weighted by Gasteiger charge is -2.26. The molecule has 1 aliphatic rings. The van der Waals surface area contributed by atoms with Crippen molar-refractivity contribution >= 4 is 16.0 Å². The van der Waals surface area contributed by atoms with E-state index in [0.29, 0.717) is 32.7 Å². The van der Waals surface area contributed by atoms with Gasteiger partial charge in [-0.25, -0.2) is 12.8 Å². The number of carbonyl (C=O) groups excluding carboxylic acids is 1. The van der Waals surface area contributed by atoms with E-state index in [2.05, 4.69) is 0 Å². The van der Waals surface area contributed by atoms with Gasteiger partial charge in [-0.1, -0.05) is 0 Å². The summed E-state index contributed by atoms with van der Waals surface area (Å²) in [6.45, 7) is 5.55. The maximum absolute atomic E-state index is 13.0. The Labute approximate surface area is 142 Å². The molecular weight excluding hydrogens is 335 g/mol. The van der Waals surface area contributed by atoms with Gasteiger partial charge in [-0.15, -0.1) is 0 Å². The van der Waals surface area contributed by atoms with Crippen LogP contribution >= 0.6 is 0 Å². The minimum atomic E-state index is -3.66. The third-order valence-electron chi connectivity index (χ3n) is 4.12. The fraction of sp³-hybridized carbons (Fsp3) is 0.562. The van der Waals surface area contributed by atoms with E-state index < -0.39 is 21.9 Å². The Morgan fingerprint density at radius 3 is 2.50 bits per heavy atom. The van der Waals surface area contributed by atoms with Crippen molar-refractivity contribution in [2.45, 2.75) is 31.2 Å². The second kappa shape index (κ2) is 8.04. The van der Waals surface area contributed by atoms with E-state index in [0.717, 1.165) is 12.1 Å². The molecule has 0 aliphatic carbocycles. The van der Waals surface area contributed by atoms with E-state index in [9.17, 15) is 17.6 Å². The largest absolute Gasteiger partial charge is 0.465 e. The van der Waals surface area contributed by atoms with Crippen LogP contribution in [-0.4, -0.2) is 62.4 Å². The van der Waals surface area contributed by atoms with Crippen molar-refractivity contribution in [1.29, 1.82) is 0 Å². The highest BCUT2D eigenvalue weighted by Gasteiger charge is 2.30. The van der Waals surface area contributed by atoms with Crippen molar-refractivity contribution in [3.63, 3.8) is 0 Å². The molecule has 1 heterocycles. The summed E-state index contributed by atoms with van der Waals surface area (Å²) < 4.78 is 44.7. The smallest absolute Gasteiger partial charge is 0.323 e. The normalized spacial score (nSPS) is 18.8. The monoisotopic (exact) mass is 358 g/mol. The van der Waals surface area contributed by atoms with Crippen LogP contribution in [0.5, 0.6) is 0 Å². The minimum Gasteiger partial charge on any atom is -0.465 e. The second-order valence-corrected chi connectivity index (χ2v) is 7.61. The molecule has 6 nitrogen and oxygen atoms in total. The molecule has 0 bridgehead atoms. The van der Waals surface area contributed by atoms with E-state index in [1.165, 1.54) is 16.4 Å². The van der Waals surface area contributed by atoms with Crippen molar-refractivity contribution in [2.75, 3.05) is 32.8 Å². The molecule has 24 heavy (non-hydrogen) atoms. The molecule has 1 unspecified atom stereocenters. The highest BCUT2D eigenvalue weighted by molar-refractivity contribution is 7.89. The predicted octanol–water partition coefficient (Wildman–Crippen LogP) is 1.47. The van der Waals surface area contributed by atoms with Crippen molar-refractivity contribution in [2.24, 2.45) is 0 Å². The number of rotatable bonds is 5. The number of nitrogens with zero attached hydrogens (tertiary/aromatic N) is 2. The van der Waals surface area contributed by atoms with Gasteiger partial charge in [-0.05, 0) is 44.5 Å². The molecule has 0 amide bonds. The summed E-state index contributed by atoms with van der Waals surface area (Å²) in [6, 6.07) is 4.42. The van der Waals surface area contributed by atoms with Gasteiger partial charge in [0.25, 0.3) is 0 Å². The number of hydrogen-bond donors (Lipinski definition) is 0. The van der Waals surface area contributed by atoms with Crippen LogP contribution in [0.2, 0.25) is 0 Å². The van der Waals surface area contributed by atoms with Crippen molar-refractivity contribution in [3.05, 3.63) is 30.1 Å². The van der Waals surface area contributed by atoms with Crippen LogP contribution in [-0.2, 0) is 19.6 Å². The number of halogens is 1. The molecule has 0 N–H and O–H groups in total. The Kier molecular flexibility index (Phi) is 6.31. The van der Waals surface area contributed by atoms with E-state index in [1.807, 2.05) is 4.90 Å². The quantitative estimate of drug-likeness (QED) is 0.746. The molecule has 0 saturated carbocycles. The van der Waals surface area contributed by atoms with Crippen LogP contribution in [0.25, 0.3) is 0 Å². The molecule has 134 valence electrons. The van der Waals surface area contributed by atoms with Gasteiger partial charge in [0.1, 0.15) is 11.9 Å². The molecule has 0 spiro atoms. The predicted molar refractivity (Wildman–Crippen MR) is 87.4 cm³/mol. The average Bonchev–Trinajstić information content (AvgIpc) is 2.81. The molecule has 1 saturated heterocycles. The number of esters is 1. The van der Waals surface area contributed by atoms with Gasteiger partial charge >= 0.3 is 5.97 Å². The summed E-state index contributed by atoms with van der Waals surface area (Å²) >= 11 is 0. The highest BCUT2D eigenvalue weighted by Crippen LogP contribution is 2.19. The van der Waals surface area contributed by atoms with Crippen LogP contribution in [0.1, 0.15) is 20.3 Å². The lowest BCUT2D eigenvalue weighted by atomic mass is 10.2. The molecular formula is C16H23FN2O4S. The van der Waals surface area contributed by atoms with Crippen molar-refractivity contribution in [1.82, 2.24) is 9.21 Å². The third kappa shape index (κ3) is 4.31. The van der Waals surface area contributed by atoms with Crippen LogP contribution in [0.15, 0.2) is 29.2 Å². The first-order chi connectivity index (χ1) is 11.4. The zero-order valence-electron chi connectivity index (χ0n) is 13.9. The van der Waals surface area contributed by atoms with Gasteiger partial charge in [0.15, 0.2) is 0 Å². The molecule has 0 radical (unpaired) electrons. The Bertz CT molecular complexity index is 663. The van der Waals surface area contributed by atoms with Crippen LogP contribution < -0.4 is 0 Å². The Balaban J connectivity index is 2.07. The zero-order chi connectivity index (χ0) is 17.7. The molecule has 1 aromatic rings. The topological polar surface area (TPSA) is 66.9 Å². The molecule has 0 aromatic heterocycles. The zero-order valence-corrected chi connectivity index (χ0v) is 14.8. The van der Waals surface area contributed by atoms with E-state index in [-0.39, 0.29) is 17.4 Å². The third-order valence-corrected chi connectivity index (χ3v) is 6.03. The molecule has 8 heteroatoms. The molecule has 1 aliphatic heterocycles. The SMILES string of the molecule is CCOC(=O)C(C)N1CCCN(S(=O)(=O)c2ccc(F)cc2)CC1. The van der Waals surface area contributed by atoms with E-state index in [1.54, 1.807) is 13.8 Å². The standard InChI is InChI=1S/C16H23FN2O4S/c1-3-23-16(20)13(2)18-9-4-10-19(12-11-18)24(21,22)15-7-5-14(17)6-8-15/h5-8,13H,3-4,9-12H2,1-2H3. The maximum atomic E-state index is 13.0. The summed E-state index contributed by atoms with van der Waals surface area (Å²) in [4.78, 5) is 13.9. The average molecular weight is 358 g/mol. The van der Waals surface area contributed by atoms with Gasteiger partial charge < -0.3 is 4.74 Å². The number of carbonyl (C=O) groups is 1. The lowest BCUT2D eigenvalue weighted by Crippen LogP contribution is -2.42. The Morgan fingerprint density at radius 2 is 1.88 bits per heavy atom. The summed E-state index contributed by atoms with van der Waals surface area (Å²) in [7, 11) is -3.66. The summed E-state index contributed by atoms with van der Waals surface area (Å²) in [5.41, 5.74) is 0. The maximum Gasteiger partial charge on any atom is 0.323 e. The van der Waals surface area contributed by atoms with E-state index >= 15 is 0 Å². The number of sulfonamides is 1. The van der Waals surface area contributed by atoms with Crippen LogP contribution in [0.3, 0.4) is 0 Å². The van der Waals surface area contributed by atoms with Gasteiger partial charge in [-0.3, -0.25) is 9.69 Å². The molecule has 1 aromatic carbocycles. The number of ether oxygens (including phenoxy) is 1. The highest BCUT2D eigenvalue weighted by atomic mass is 32.2. The van der Waals surface area contributed by atoms with Crippen molar-refractivity contribution in [3.8, 4) is 0 Å². The number of hydrogen-bond acceptors (Lipinski definition) is 5. The fourth-order valence-corrected chi connectivity index (χ4v) is 4.18. The van der Waals surface area contributed by atoms with Crippen LogP contribution in [0, 0.1) is 5.82 Å². The first kappa shape index (κ1) is 18.8. The van der Waals surface area contributed by atoms with Crippen LogP contribution in [0.4, 0.5) is 4.39 Å². The molecule has 1 atom stereocenters. The van der Waals surface area contributed by atoms with Gasteiger partial charge in [0.05, 0.1) is 11.5 Å². The van der Waals surface area contributed by atoms with Crippen molar-refractivity contribution < 1.29 is 22.3 Å². The minimum absolute atomic E-state index is 0.0794. The Hall–Kier alpha value is -1.51.